The predicted molar refractivity (Wildman–Crippen MR) is 87.8 cm³/mol. The molecule has 1 amide bonds. The molecule has 25 heavy (non-hydrogen) atoms. The van der Waals surface area contributed by atoms with Crippen molar-refractivity contribution < 1.29 is 14.5 Å². The van der Waals surface area contributed by atoms with E-state index in [9.17, 15) is 14.9 Å². The number of amides is 1. The van der Waals surface area contributed by atoms with E-state index in [4.69, 9.17) is 10.00 Å². The Kier molecular flexibility index (Phi) is 4.31. The highest BCUT2D eigenvalue weighted by atomic mass is 16.6. The van der Waals surface area contributed by atoms with Crippen LogP contribution in [0.4, 0.5) is 11.6 Å². The molecule has 0 bridgehead atoms. The highest BCUT2D eigenvalue weighted by molar-refractivity contribution is 5.99. The molecule has 1 aliphatic heterocycles. The van der Waals surface area contributed by atoms with Crippen LogP contribution in [0.3, 0.4) is 0 Å². The van der Waals surface area contributed by atoms with E-state index in [1.165, 1.54) is 17.0 Å². The fourth-order valence-corrected chi connectivity index (χ4v) is 2.57. The van der Waals surface area contributed by atoms with Crippen LogP contribution in [-0.4, -0.2) is 22.4 Å². The van der Waals surface area contributed by atoms with Gasteiger partial charge in [0.05, 0.1) is 12.0 Å². The number of carbonyl (C=O) groups is 1. The van der Waals surface area contributed by atoms with Crippen LogP contribution >= 0.6 is 0 Å². The second-order valence-corrected chi connectivity index (χ2v) is 5.64. The molecule has 8 nitrogen and oxygen atoms in total. The number of benzene rings is 1. The van der Waals surface area contributed by atoms with Gasteiger partial charge in [-0.2, -0.15) is 5.26 Å². The number of rotatable bonds is 4. The maximum atomic E-state index is 12.9. The molecule has 0 saturated heterocycles. The molecule has 8 heteroatoms. The van der Waals surface area contributed by atoms with Crippen LogP contribution in [0, 0.1) is 27.4 Å². The molecular formula is C17H14N4O4. The van der Waals surface area contributed by atoms with Gasteiger partial charge in [-0.3, -0.25) is 9.69 Å². The minimum Gasteiger partial charge on any atom is -0.469 e. The lowest BCUT2D eigenvalue weighted by Gasteiger charge is -2.31. The van der Waals surface area contributed by atoms with Gasteiger partial charge in [-0.15, -0.1) is 0 Å². The molecule has 126 valence electrons. The third kappa shape index (κ3) is 3.12. The number of anilines is 1. The largest absolute Gasteiger partial charge is 0.469 e. The van der Waals surface area contributed by atoms with Crippen LogP contribution in [0.25, 0.3) is 0 Å². The fraction of sp³-hybridized carbons (Fsp3) is 0.235. The molecule has 3 rings (SSSR count). The van der Waals surface area contributed by atoms with E-state index in [-0.39, 0.29) is 23.9 Å². The Morgan fingerprint density at radius 1 is 1.36 bits per heavy atom. The molecule has 0 N–H and O–H groups in total. The van der Waals surface area contributed by atoms with Crippen molar-refractivity contribution in [3.05, 3.63) is 58.1 Å². The standard InChI is InChI=1S/C17H14N4O4/c1-11(9-18)10-20-16-13(7-8-14(19-16)21(23)24)25-15(17(20)22)12-5-3-2-4-6-12/h2-8,11,15H,10H2,1H3. The Hall–Kier alpha value is -3.47. The molecule has 0 radical (unpaired) electrons. The Morgan fingerprint density at radius 2 is 2.08 bits per heavy atom. The van der Waals surface area contributed by atoms with Gasteiger partial charge >= 0.3 is 5.82 Å². The molecule has 2 heterocycles. The van der Waals surface area contributed by atoms with E-state index in [0.29, 0.717) is 5.56 Å². The quantitative estimate of drug-likeness (QED) is 0.626. The minimum absolute atomic E-state index is 0.0634. The maximum absolute atomic E-state index is 12.9. The first-order chi connectivity index (χ1) is 12.0. The van der Waals surface area contributed by atoms with Crippen molar-refractivity contribution in [2.24, 2.45) is 5.92 Å². The van der Waals surface area contributed by atoms with Crippen LogP contribution in [0.5, 0.6) is 5.75 Å². The lowest BCUT2D eigenvalue weighted by molar-refractivity contribution is -0.389. The zero-order chi connectivity index (χ0) is 18.0. The number of hydrogen-bond donors (Lipinski definition) is 0. The van der Waals surface area contributed by atoms with Crippen LogP contribution < -0.4 is 9.64 Å². The SMILES string of the molecule is CC(C#N)CN1C(=O)C(c2ccccc2)Oc2ccc([N+](=O)[O-])nc21. The first-order valence-electron chi connectivity index (χ1n) is 7.59. The second kappa shape index (κ2) is 6.57. The van der Waals surface area contributed by atoms with Crippen molar-refractivity contribution in [3.63, 3.8) is 0 Å². The van der Waals surface area contributed by atoms with Crippen molar-refractivity contribution >= 4 is 17.5 Å². The maximum Gasteiger partial charge on any atom is 0.366 e. The topological polar surface area (TPSA) is 109 Å². The highest BCUT2D eigenvalue weighted by Gasteiger charge is 2.40. The number of pyridine rings is 1. The van der Waals surface area contributed by atoms with Gasteiger partial charge in [0.2, 0.25) is 6.10 Å². The van der Waals surface area contributed by atoms with Crippen molar-refractivity contribution in [1.82, 2.24) is 4.98 Å². The van der Waals surface area contributed by atoms with Crippen LogP contribution in [-0.2, 0) is 4.79 Å². The average Bonchev–Trinajstić information content (AvgIpc) is 2.63. The molecule has 1 aliphatic rings. The van der Waals surface area contributed by atoms with E-state index < -0.39 is 22.9 Å². The summed E-state index contributed by atoms with van der Waals surface area (Å²) in [5, 5.41) is 20.1. The first-order valence-corrected chi connectivity index (χ1v) is 7.59. The molecule has 2 aromatic rings. The van der Waals surface area contributed by atoms with Gasteiger partial charge < -0.3 is 14.9 Å². The number of nitro groups is 1. The molecular weight excluding hydrogens is 324 g/mol. The van der Waals surface area contributed by atoms with Gasteiger partial charge in [0, 0.05) is 18.2 Å². The Morgan fingerprint density at radius 3 is 2.72 bits per heavy atom. The summed E-state index contributed by atoms with van der Waals surface area (Å²) in [4.78, 5) is 28.5. The number of ether oxygens (including phenoxy) is 1. The van der Waals surface area contributed by atoms with Gasteiger partial charge in [0.25, 0.3) is 11.7 Å². The van der Waals surface area contributed by atoms with Gasteiger partial charge in [-0.25, -0.2) is 0 Å². The molecule has 0 fully saturated rings. The number of fused-ring (bicyclic) bond motifs is 1. The molecule has 1 aromatic carbocycles. The smallest absolute Gasteiger partial charge is 0.366 e. The number of hydrogen-bond acceptors (Lipinski definition) is 6. The monoisotopic (exact) mass is 338 g/mol. The van der Waals surface area contributed by atoms with Crippen LogP contribution in [0.2, 0.25) is 0 Å². The number of carbonyl (C=O) groups excluding carboxylic acids is 1. The normalized spacial score (nSPS) is 17.2. The highest BCUT2D eigenvalue weighted by Crippen LogP contribution is 2.39. The van der Waals surface area contributed by atoms with Gasteiger partial charge in [-0.1, -0.05) is 30.3 Å². The summed E-state index contributed by atoms with van der Waals surface area (Å²) in [6.45, 7) is 1.74. The summed E-state index contributed by atoms with van der Waals surface area (Å²) >= 11 is 0. The van der Waals surface area contributed by atoms with E-state index in [2.05, 4.69) is 11.1 Å². The number of nitrogens with zero attached hydrogens (tertiary/aromatic N) is 4. The van der Waals surface area contributed by atoms with Gasteiger partial charge in [0.1, 0.15) is 0 Å². The molecule has 0 aliphatic carbocycles. The molecule has 2 atom stereocenters. The van der Waals surface area contributed by atoms with Crippen molar-refractivity contribution in [1.29, 1.82) is 5.26 Å². The zero-order valence-electron chi connectivity index (χ0n) is 13.3. The predicted octanol–water partition coefficient (Wildman–Crippen LogP) is 2.62. The summed E-state index contributed by atoms with van der Waals surface area (Å²) in [5.41, 5.74) is 0.658. The summed E-state index contributed by atoms with van der Waals surface area (Å²) in [6, 6.07) is 13.6. The van der Waals surface area contributed by atoms with Crippen molar-refractivity contribution in [2.75, 3.05) is 11.4 Å². The zero-order valence-corrected chi connectivity index (χ0v) is 13.3. The molecule has 2 unspecified atom stereocenters. The minimum atomic E-state index is -0.886. The summed E-state index contributed by atoms with van der Waals surface area (Å²) < 4.78 is 5.75. The number of aromatic nitrogens is 1. The summed E-state index contributed by atoms with van der Waals surface area (Å²) in [6.07, 6.45) is -0.886. The Balaban J connectivity index is 2.07. The van der Waals surface area contributed by atoms with E-state index in [0.717, 1.165) is 0 Å². The van der Waals surface area contributed by atoms with E-state index in [1.807, 2.05) is 6.07 Å². The number of nitriles is 1. The third-order valence-corrected chi connectivity index (χ3v) is 3.78. The van der Waals surface area contributed by atoms with Gasteiger partial charge in [-0.05, 0) is 22.9 Å². The molecule has 0 spiro atoms. The lowest BCUT2D eigenvalue weighted by atomic mass is 10.1. The van der Waals surface area contributed by atoms with E-state index >= 15 is 0 Å². The van der Waals surface area contributed by atoms with Crippen molar-refractivity contribution in [2.45, 2.75) is 13.0 Å². The Labute approximate surface area is 143 Å². The Bertz CT molecular complexity index is 863. The fourth-order valence-electron chi connectivity index (χ4n) is 2.57. The summed E-state index contributed by atoms with van der Waals surface area (Å²) in [5.74, 6) is -0.929. The van der Waals surface area contributed by atoms with Crippen LogP contribution in [0.1, 0.15) is 18.6 Å². The molecule has 0 saturated carbocycles. The molecule has 1 aromatic heterocycles. The van der Waals surface area contributed by atoms with E-state index in [1.54, 1.807) is 31.2 Å². The first kappa shape index (κ1) is 16.4. The average molecular weight is 338 g/mol. The van der Waals surface area contributed by atoms with Crippen LogP contribution in [0.15, 0.2) is 42.5 Å². The van der Waals surface area contributed by atoms with Gasteiger partial charge in [0.15, 0.2) is 5.75 Å². The second-order valence-electron chi connectivity index (χ2n) is 5.64. The summed E-state index contributed by atoms with van der Waals surface area (Å²) in [7, 11) is 0. The lowest BCUT2D eigenvalue weighted by Crippen LogP contribution is -2.43. The third-order valence-electron chi connectivity index (χ3n) is 3.78. The van der Waals surface area contributed by atoms with Crippen molar-refractivity contribution in [3.8, 4) is 11.8 Å².